The summed E-state index contributed by atoms with van der Waals surface area (Å²) < 4.78 is 12.4. The topological polar surface area (TPSA) is 67.7 Å². The molecule has 2 aromatic carbocycles. The molecule has 0 bridgehead atoms. The molecule has 0 saturated carbocycles. The molecular weight excluding hydrogens is 518 g/mol. The van der Waals surface area contributed by atoms with Crippen molar-refractivity contribution in [3.05, 3.63) is 93.6 Å². The second-order valence-corrected chi connectivity index (χ2v) is 10.2. The van der Waals surface area contributed by atoms with Crippen molar-refractivity contribution in [2.24, 2.45) is 0 Å². The van der Waals surface area contributed by atoms with E-state index in [-0.39, 0.29) is 0 Å². The van der Waals surface area contributed by atoms with Gasteiger partial charge in [0.1, 0.15) is 5.60 Å². The third kappa shape index (κ3) is 5.24. The number of hydrogen-bond donors (Lipinski definition) is 1. The van der Waals surface area contributed by atoms with Gasteiger partial charge in [-0.05, 0) is 69.4 Å². The van der Waals surface area contributed by atoms with Gasteiger partial charge in [0, 0.05) is 39.6 Å². The smallest absolute Gasteiger partial charge is 0.219 e. The van der Waals surface area contributed by atoms with Gasteiger partial charge in [0.2, 0.25) is 11.8 Å². The first kappa shape index (κ1) is 26.1. The Bertz CT molecular complexity index is 1360. The lowest BCUT2D eigenvalue weighted by molar-refractivity contribution is 0.00128. The summed E-state index contributed by atoms with van der Waals surface area (Å²) in [4.78, 5) is 11.3. The van der Waals surface area contributed by atoms with Gasteiger partial charge in [0.05, 0.1) is 19.7 Å². The van der Waals surface area contributed by atoms with E-state index in [1.54, 1.807) is 20.4 Å². The van der Waals surface area contributed by atoms with Gasteiger partial charge in [-0.1, -0.05) is 45.8 Å². The fourth-order valence-corrected chi connectivity index (χ4v) is 5.17. The summed E-state index contributed by atoms with van der Waals surface area (Å²) in [6.07, 6.45) is 2.10. The van der Waals surface area contributed by atoms with Crippen molar-refractivity contribution in [2.45, 2.75) is 24.9 Å². The summed E-state index contributed by atoms with van der Waals surface area (Å²) >= 11 is 3.58. The maximum atomic E-state index is 12.8. The first-order valence-electron chi connectivity index (χ1n) is 11.8. The quantitative estimate of drug-likeness (QED) is 0.289. The van der Waals surface area contributed by atoms with E-state index in [2.05, 4.69) is 50.9 Å². The number of pyridine rings is 2. The highest BCUT2D eigenvalue weighted by molar-refractivity contribution is 9.10. The number of ether oxygens (including phenoxy) is 2. The standard InChI is InChI=1S/C29H32BrN3O3/c1-19-8-6-9-20(16-19)26(23-18-21-17-22(30)11-12-25(21)32-27(23)35-4)29(34,13-15-33(2)3)24-10-7-14-31-28(24)36-5/h6-12,14,16-18,26,34H,13,15H2,1-5H3/t26-,29-/m1/s1. The van der Waals surface area contributed by atoms with Crippen LogP contribution in [0.1, 0.15) is 34.6 Å². The van der Waals surface area contributed by atoms with Gasteiger partial charge < -0.3 is 19.5 Å². The van der Waals surface area contributed by atoms with Crippen molar-refractivity contribution >= 4 is 26.8 Å². The summed E-state index contributed by atoms with van der Waals surface area (Å²) in [7, 11) is 7.19. The van der Waals surface area contributed by atoms with E-state index in [0.29, 0.717) is 30.3 Å². The van der Waals surface area contributed by atoms with Crippen LogP contribution in [0.3, 0.4) is 0 Å². The lowest BCUT2D eigenvalue weighted by Crippen LogP contribution is -2.38. The van der Waals surface area contributed by atoms with E-state index in [1.807, 2.05) is 56.6 Å². The zero-order valence-electron chi connectivity index (χ0n) is 21.3. The number of nitrogens with zero attached hydrogens (tertiary/aromatic N) is 3. The molecule has 0 aliphatic heterocycles. The van der Waals surface area contributed by atoms with Gasteiger partial charge in [0.25, 0.3) is 0 Å². The Balaban J connectivity index is 2.07. The third-order valence-electron chi connectivity index (χ3n) is 6.50. The molecule has 1 N–H and O–H groups in total. The van der Waals surface area contributed by atoms with Crippen LogP contribution in [0.2, 0.25) is 0 Å². The average Bonchev–Trinajstić information content (AvgIpc) is 2.87. The molecular formula is C29H32BrN3O3. The Labute approximate surface area is 221 Å². The number of fused-ring (bicyclic) bond motifs is 1. The molecule has 0 fully saturated rings. The molecule has 0 saturated heterocycles. The van der Waals surface area contributed by atoms with Crippen LogP contribution < -0.4 is 9.47 Å². The van der Waals surface area contributed by atoms with E-state index in [4.69, 9.17) is 14.5 Å². The third-order valence-corrected chi connectivity index (χ3v) is 6.99. The maximum absolute atomic E-state index is 12.8. The molecule has 0 aliphatic carbocycles. The number of rotatable bonds is 9. The first-order valence-corrected chi connectivity index (χ1v) is 12.6. The van der Waals surface area contributed by atoms with Gasteiger partial charge >= 0.3 is 0 Å². The van der Waals surface area contributed by atoms with Crippen molar-refractivity contribution < 1.29 is 14.6 Å². The minimum Gasteiger partial charge on any atom is -0.481 e. The number of aromatic nitrogens is 2. The molecule has 0 aliphatic rings. The van der Waals surface area contributed by atoms with Crippen molar-refractivity contribution in [1.82, 2.24) is 14.9 Å². The van der Waals surface area contributed by atoms with E-state index >= 15 is 0 Å². The molecule has 2 heterocycles. The first-order chi connectivity index (χ1) is 17.3. The van der Waals surface area contributed by atoms with Crippen molar-refractivity contribution in [3.8, 4) is 11.8 Å². The molecule has 6 nitrogen and oxygen atoms in total. The number of aliphatic hydroxyl groups is 1. The molecule has 2 aromatic heterocycles. The molecule has 0 radical (unpaired) electrons. The van der Waals surface area contributed by atoms with Crippen LogP contribution in [0.15, 0.2) is 71.3 Å². The molecule has 0 unspecified atom stereocenters. The predicted octanol–water partition coefficient (Wildman–Crippen LogP) is 5.69. The van der Waals surface area contributed by atoms with E-state index in [9.17, 15) is 5.11 Å². The zero-order chi connectivity index (χ0) is 25.9. The minimum atomic E-state index is -1.38. The van der Waals surface area contributed by atoms with Crippen LogP contribution in [0.5, 0.6) is 11.8 Å². The highest BCUT2D eigenvalue weighted by Gasteiger charge is 2.44. The fourth-order valence-electron chi connectivity index (χ4n) is 4.79. The van der Waals surface area contributed by atoms with Gasteiger partial charge in [-0.3, -0.25) is 0 Å². The van der Waals surface area contributed by atoms with Crippen LogP contribution in [0.4, 0.5) is 0 Å². The Morgan fingerprint density at radius 2 is 1.78 bits per heavy atom. The zero-order valence-corrected chi connectivity index (χ0v) is 22.9. The lowest BCUT2D eigenvalue weighted by Gasteiger charge is -2.39. The van der Waals surface area contributed by atoms with Crippen LogP contribution >= 0.6 is 15.9 Å². The normalized spacial score (nSPS) is 14.0. The molecule has 7 heteroatoms. The average molecular weight is 550 g/mol. The van der Waals surface area contributed by atoms with Crippen molar-refractivity contribution in [3.63, 3.8) is 0 Å². The van der Waals surface area contributed by atoms with Crippen molar-refractivity contribution in [1.29, 1.82) is 0 Å². The van der Waals surface area contributed by atoms with Crippen LogP contribution in [0.25, 0.3) is 10.9 Å². The molecule has 188 valence electrons. The molecule has 2 atom stereocenters. The predicted molar refractivity (Wildman–Crippen MR) is 147 cm³/mol. The SMILES string of the molecule is COc1nc2ccc(Br)cc2cc1[C@@H](c1cccc(C)c1)[C@@](O)(CCN(C)C)c1cccnc1OC. The highest BCUT2D eigenvalue weighted by atomic mass is 79.9. The van der Waals surface area contributed by atoms with E-state index in [1.165, 1.54) is 0 Å². The monoisotopic (exact) mass is 549 g/mol. The Hall–Kier alpha value is -3.00. The van der Waals surface area contributed by atoms with E-state index < -0.39 is 11.5 Å². The molecule has 36 heavy (non-hydrogen) atoms. The fraction of sp³-hybridized carbons (Fsp3) is 0.310. The Morgan fingerprint density at radius 1 is 1.00 bits per heavy atom. The molecule has 0 spiro atoms. The Kier molecular flexibility index (Phi) is 7.93. The van der Waals surface area contributed by atoms with Gasteiger partial charge in [-0.15, -0.1) is 0 Å². The number of benzene rings is 2. The maximum Gasteiger partial charge on any atom is 0.219 e. The number of halogens is 1. The highest BCUT2D eigenvalue weighted by Crippen LogP contribution is 2.49. The largest absolute Gasteiger partial charge is 0.481 e. The van der Waals surface area contributed by atoms with Gasteiger partial charge in [0.15, 0.2) is 0 Å². The second-order valence-electron chi connectivity index (χ2n) is 9.31. The minimum absolute atomic E-state index is 0.395. The van der Waals surface area contributed by atoms with Crippen LogP contribution in [0, 0.1) is 6.92 Å². The number of hydrogen-bond acceptors (Lipinski definition) is 6. The van der Waals surface area contributed by atoms with E-state index in [0.717, 1.165) is 32.1 Å². The molecule has 4 aromatic rings. The number of aryl methyl sites for hydroxylation is 1. The second kappa shape index (κ2) is 10.9. The summed E-state index contributed by atoms with van der Waals surface area (Å²) in [6, 6.07) is 20.0. The van der Waals surface area contributed by atoms with Crippen molar-refractivity contribution in [2.75, 3.05) is 34.9 Å². The summed E-state index contributed by atoms with van der Waals surface area (Å²) in [6.45, 7) is 2.70. The molecule has 0 amide bonds. The summed E-state index contributed by atoms with van der Waals surface area (Å²) in [5, 5.41) is 13.8. The van der Waals surface area contributed by atoms with Gasteiger partial charge in [-0.2, -0.15) is 0 Å². The number of methoxy groups -OCH3 is 2. The Morgan fingerprint density at radius 3 is 2.47 bits per heavy atom. The van der Waals surface area contributed by atoms with Crippen LogP contribution in [-0.2, 0) is 5.60 Å². The lowest BCUT2D eigenvalue weighted by atomic mass is 9.71. The molecule has 4 rings (SSSR count). The van der Waals surface area contributed by atoms with Crippen LogP contribution in [-0.4, -0.2) is 54.8 Å². The summed E-state index contributed by atoms with van der Waals surface area (Å²) in [5.74, 6) is 0.357. The summed E-state index contributed by atoms with van der Waals surface area (Å²) in [5.41, 5.74) is 2.90. The van der Waals surface area contributed by atoms with Gasteiger partial charge in [-0.25, -0.2) is 9.97 Å².